The van der Waals surface area contributed by atoms with Crippen LogP contribution in [0.2, 0.25) is 5.02 Å². The molecule has 0 aliphatic carbocycles. The molecular formula is C12H8ClF3N2O2S. The number of benzene rings is 1. The Morgan fingerprint density at radius 2 is 2.14 bits per heavy atom. The highest BCUT2D eigenvalue weighted by molar-refractivity contribution is 7.98. The van der Waals surface area contributed by atoms with E-state index in [1.807, 2.05) is 6.26 Å². The molecule has 4 nitrogen and oxygen atoms in total. The summed E-state index contributed by atoms with van der Waals surface area (Å²) in [7, 11) is 0. The highest BCUT2D eigenvalue weighted by Gasteiger charge is 2.39. The number of hydrogen-bond acceptors (Lipinski definition) is 4. The quantitative estimate of drug-likeness (QED) is 0.853. The highest BCUT2D eigenvalue weighted by atomic mass is 35.5. The minimum atomic E-state index is -5.00. The second-order valence-corrected chi connectivity index (χ2v) is 5.11. The molecule has 0 radical (unpaired) electrons. The number of aromatic nitrogens is 1. The minimum Gasteiger partial charge on any atom is -0.420 e. The van der Waals surface area contributed by atoms with Crippen molar-refractivity contribution in [2.75, 3.05) is 11.6 Å². The van der Waals surface area contributed by atoms with E-state index in [4.69, 9.17) is 16.0 Å². The van der Waals surface area contributed by atoms with Crippen molar-refractivity contribution in [2.24, 2.45) is 0 Å². The molecule has 0 atom stereocenters. The van der Waals surface area contributed by atoms with Gasteiger partial charge in [0.25, 0.3) is 0 Å². The van der Waals surface area contributed by atoms with Crippen molar-refractivity contribution in [3.63, 3.8) is 0 Å². The summed E-state index contributed by atoms with van der Waals surface area (Å²) in [5, 5.41) is 1.92. The Morgan fingerprint density at radius 3 is 2.76 bits per heavy atom. The first-order valence-electron chi connectivity index (χ1n) is 5.49. The van der Waals surface area contributed by atoms with Crippen LogP contribution in [0.5, 0.6) is 0 Å². The molecule has 2 rings (SSSR count). The fourth-order valence-corrected chi connectivity index (χ4v) is 2.07. The molecule has 1 N–H and O–H groups in total. The number of thioether (sulfide) groups is 1. The van der Waals surface area contributed by atoms with E-state index in [0.29, 0.717) is 10.6 Å². The molecule has 0 saturated carbocycles. The molecule has 112 valence electrons. The lowest BCUT2D eigenvalue weighted by atomic mass is 10.2. The van der Waals surface area contributed by atoms with E-state index < -0.39 is 18.0 Å². The maximum atomic E-state index is 12.1. The summed E-state index contributed by atoms with van der Waals surface area (Å²) in [5.74, 6) is -2.51. The van der Waals surface area contributed by atoms with Crippen molar-refractivity contribution in [2.45, 2.75) is 11.1 Å². The maximum absolute atomic E-state index is 12.1. The third-order valence-corrected chi connectivity index (χ3v) is 3.46. The van der Waals surface area contributed by atoms with Gasteiger partial charge < -0.3 is 4.42 Å². The van der Waals surface area contributed by atoms with E-state index in [1.165, 1.54) is 11.8 Å². The molecule has 0 unspecified atom stereocenters. The number of nitrogens with zero attached hydrogens (tertiary/aromatic N) is 1. The van der Waals surface area contributed by atoms with Crippen LogP contribution < -0.4 is 5.32 Å². The summed E-state index contributed by atoms with van der Waals surface area (Å²) in [6.45, 7) is 0. The Kier molecular flexibility index (Phi) is 4.48. The molecule has 1 aromatic heterocycles. The monoisotopic (exact) mass is 336 g/mol. The Balaban J connectivity index is 2.26. The Hall–Kier alpha value is -1.67. The second-order valence-electron chi connectivity index (χ2n) is 3.83. The molecule has 0 aliphatic heterocycles. The summed E-state index contributed by atoms with van der Waals surface area (Å²) in [4.78, 5) is 15.5. The van der Waals surface area contributed by atoms with Gasteiger partial charge in [-0.05, 0) is 24.5 Å². The average molecular weight is 337 g/mol. The summed E-state index contributed by atoms with van der Waals surface area (Å²) < 4.78 is 41.5. The van der Waals surface area contributed by atoms with E-state index in [9.17, 15) is 18.0 Å². The molecule has 1 amide bonds. The number of nitrogens with one attached hydrogen (secondary N) is 1. The summed E-state index contributed by atoms with van der Waals surface area (Å²) >= 11 is 7.46. The van der Waals surface area contributed by atoms with Crippen LogP contribution in [0.25, 0.3) is 11.5 Å². The van der Waals surface area contributed by atoms with Crippen molar-refractivity contribution >= 4 is 35.2 Å². The Labute approximate surface area is 126 Å². The highest BCUT2D eigenvalue weighted by Crippen LogP contribution is 2.32. The first-order valence-corrected chi connectivity index (χ1v) is 7.09. The van der Waals surface area contributed by atoms with Crippen LogP contribution in [0.1, 0.15) is 0 Å². The maximum Gasteiger partial charge on any atom is 0.471 e. The first-order chi connectivity index (χ1) is 9.81. The molecule has 9 heteroatoms. The number of oxazole rings is 1. The number of alkyl halides is 3. The van der Waals surface area contributed by atoms with Gasteiger partial charge in [0.1, 0.15) is 0 Å². The number of halogens is 4. The number of rotatable bonds is 3. The van der Waals surface area contributed by atoms with Gasteiger partial charge in [-0.2, -0.15) is 13.2 Å². The van der Waals surface area contributed by atoms with Gasteiger partial charge in [0.05, 0.1) is 16.8 Å². The zero-order valence-electron chi connectivity index (χ0n) is 10.5. The molecule has 0 saturated heterocycles. The number of amides is 1. The summed E-state index contributed by atoms with van der Waals surface area (Å²) in [5.41, 5.74) is 0.427. The topological polar surface area (TPSA) is 55.1 Å². The first kappa shape index (κ1) is 15.7. The predicted octanol–water partition coefficient (Wildman–Crippen LogP) is 4.22. The minimum absolute atomic E-state index is 0.0216. The van der Waals surface area contributed by atoms with Gasteiger partial charge in [-0.3, -0.25) is 10.1 Å². The molecule has 0 bridgehead atoms. The van der Waals surface area contributed by atoms with Crippen molar-refractivity contribution < 1.29 is 22.4 Å². The van der Waals surface area contributed by atoms with E-state index in [0.717, 1.165) is 11.1 Å². The van der Waals surface area contributed by atoms with E-state index in [-0.39, 0.29) is 5.89 Å². The summed E-state index contributed by atoms with van der Waals surface area (Å²) in [6.07, 6.45) is -2.15. The summed E-state index contributed by atoms with van der Waals surface area (Å²) in [6, 6.07) is 5.10. The smallest absolute Gasteiger partial charge is 0.420 e. The van der Waals surface area contributed by atoms with Crippen LogP contribution in [-0.2, 0) is 4.79 Å². The van der Waals surface area contributed by atoms with Crippen molar-refractivity contribution in [1.29, 1.82) is 0 Å². The van der Waals surface area contributed by atoms with Gasteiger partial charge >= 0.3 is 12.1 Å². The van der Waals surface area contributed by atoms with Gasteiger partial charge in [0, 0.05) is 4.90 Å². The zero-order valence-corrected chi connectivity index (χ0v) is 12.1. The van der Waals surface area contributed by atoms with Crippen LogP contribution in [0.3, 0.4) is 0 Å². The van der Waals surface area contributed by atoms with Crippen molar-refractivity contribution in [3.8, 4) is 11.5 Å². The number of carbonyl (C=O) groups is 1. The molecule has 1 aromatic carbocycles. The number of carbonyl (C=O) groups excluding carboxylic acids is 1. The predicted molar refractivity (Wildman–Crippen MR) is 73.4 cm³/mol. The lowest BCUT2D eigenvalue weighted by Crippen LogP contribution is -2.29. The molecular weight excluding hydrogens is 329 g/mol. The number of hydrogen-bond donors (Lipinski definition) is 1. The lowest BCUT2D eigenvalue weighted by molar-refractivity contribution is -0.167. The Morgan fingerprint density at radius 1 is 1.43 bits per heavy atom. The van der Waals surface area contributed by atoms with Crippen molar-refractivity contribution in [1.82, 2.24) is 4.98 Å². The average Bonchev–Trinajstić information content (AvgIpc) is 2.86. The fraction of sp³-hybridized carbons (Fsp3) is 0.167. The fourth-order valence-electron chi connectivity index (χ4n) is 1.43. The Bertz CT molecular complexity index is 673. The molecule has 1 heterocycles. The normalized spacial score (nSPS) is 11.5. The van der Waals surface area contributed by atoms with Crippen LogP contribution >= 0.6 is 23.4 Å². The lowest BCUT2D eigenvalue weighted by Gasteiger charge is -2.05. The van der Waals surface area contributed by atoms with Crippen molar-refractivity contribution in [3.05, 3.63) is 29.4 Å². The van der Waals surface area contributed by atoms with Crippen LogP contribution in [0.15, 0.2) is 33.7 Å². The van der Waals surface area contributed by atoms with Gasteiger partial charge in [-0.25, -0.2) is 4.98 Å². The van der Waals surface area contributed by atoms with Crippen LogP contribution in [0.4, 0.5) is 19.1 Å². The third-order valence-electron chi connectivity index (χ3n) is 2.40. The molecule has 2 aromatic rings. The van der Waals surface area contributed by atoms with Crippen LogP contribution in [-0.4, -0.2) is 23.3 Å². The van der Waals surface area contributed by atoms with E-state index in [1.54, 1.807) is 23.5 Å². The van der Waals surface area contributed by atoms with Gasteiger partial charge in [0.2, 0.25) is 11.8 Å². The van der Waals surface area contributed by atoms with Gasteiger partial charge in [0.15, 0.2) is 0 Å². The SMILES string of the molecule is CSc1ccc(Cl)c(-c2ncc(NC(=O)C(F)(F)F)o2)c1. The second kappa shape index (κ2) is 5.98. The van der Waals surface area contributed by atoms with Gasteiger partial charge in [-0.15, -0.1) is 11.8 Å². The standard InChI is InChI=1S/C12H8ClF3N2O2S/c1-21-6-2-3-8(13)7(4-6)10-17-5-9(20-10)18-11(19)12(14,15)16/h2-5H,1H3,(H,18,19). The molecule has 0 aliphatic rings. The van der Waals surface area contributed by atoms with Gasteiger partial charge in [-0.1, -0.05) is 11.6 Å². The molecule has 0 fully saturated rings. The van der Waals surface area contributed by atoms with Crippen LogP contribution in [0, 0.1) is 0 Å². The van der Waals surface area contributed by atoms with E-state index >= 15 is 0 Å². The molecule has 0 spiro atoms. The third kappa shape index (κ3) is 3.70. The number of anilines is 1. The largest absolute Gasteiger partial charge is 0.471 e. The molecule has 21 heavy (non-hydrogen) atoms. The van der Waals surface area contributed by atoms with E-state index in [2.05, 4.69) is 4.98 Å². The zero-order chi connectivity index (χ0) is 15.6.